The Morgan fingerprint density at radius 3 is 2.48 bits per heavy atom. The van der Waals surface area contributed by atoms with Gasteiger partial charge in [-0.25, -0.2) is 0 Å². The number of hydrogen-bond donors (Lipinski definition) is 0. The fourth-order valence-corrected chi connectivity index (χ4v) is 2.84. The van der Waals surface area contributed by atoms with Crippen LogP contribution >= 0.6 is 11.6 Å². The van der Waals surface area contributed by atoms with Crippen molar-refractivity contribution in [2.45, 2.75) is 27.7 Å². The van der Waals surface area contributed by atoms with Gasteiger partial charge in [-0.1, -0.05) is 29.3 Å². The second kappa shape index (κ2) is 7.70. The van der Waals surface area contributed by atoms with E-state index in [0.717, 1.165) is 21.8 Å². The van der Waals surface area contributed by atoms with Crippen LogP contribution in [-0.4, -0.2) is 39.6 Å². The van der Waals surface area contributed by atoms with Crippen LogP contribution in [0.3, 0.4) is 0 Å². The van der Waals surface area contributed by atoms with Crippen LogP contribution in [0.2, 0.25) is 5.02 Å². The Morgan fingerprint density at radius 1 is 1.28 bits per heavy atom. The highest BCUT2D eigenvalue weighted by molar-refractivity contribution is 6.34. The van der Waals surface area contributed by atoms with Crippen LogP contribution in [0.15, 0.2) is 18.2 Å². The number of aromatic nitrogens is 2. The minimum Gasteiger partial charge on any atom is -0.491 e. The maximum atomic E-state index is 12.7. The fourth-order valence-electron chi connectivity index (χ4n) is 2.60. The molecular formula is C18H22ClN3O3. The van der Waals surface area contributed by atoms with E-state index < -0.39 is 5.91 Å². The monoisotopic (exact) mass is 363 g/mol. The number of ether oxygens (including phenoxy) is 1. The number of nitrogens with zero attached hydrogens (tertiary/aromatic N) is 3. The zero-order valence-corrected chi connectivity index (χ0v) is 15.8. The van der Waals surface area contributed by atoms with E-state index in [1.807, 2.05) is 32.0 Å². The average Bonchev–Trinajstić information content (AvgIpc) is 2.77. The third kappa shape index (κ3) is 4.20. The first-order valence-electron chi connectivity index (χ1n) is 7.94. The molecular weight excluding hydrogens is 342 g/mol. The standard InChI is InChI=1S/C18H22ClN3O3/c1-11-6-7-15(12(2)10-11)25-9-8-22(14(4)23)18(24)17-16(19)13(3)20-21(17)5/h6-7,10H,8-9H2,1-5H3. The molecule has 0 saturated carbocycles. The van der Waals surface area contributed by atoms with Crippen LogP contribution in [-0.2, 0) is 11.8 Å². The summed E-state index contributed by atoms with van der Waals surface area (Å²) in [5, 5.41) is 4.37. The zero-order valence-electron chi connectivity index (χ0n) is 15.1. The summed E-state index contributed by atoms with van der Waals surface area (Å²) in [6.07, 6.45) is 0. The number of rotatable bonds is 5. The first kappa shape index (κ1) is 19.0. The summed E-state index contributed by atoms with van der Waals surface area (Å²) < 4.78 is 7.11. The van der Waals surface area contributed by atoms with Gasteiger partial charge < -0.3 is 4.74 Å². The maximum Gasteiger partial charge on any atom is 0.280 e. The number of carbonyl (C=O) groups is 2. The van der Waals surface area contributed by atoms with Gasteiger partial charge in [-0.3, -0.25) is 19.2 Å². The van der Waals surface area contributed by atoms with Crippen molar-refractivity contribution in [1.82, 2.24) is 14.7 Å². The van der Waals surface area contributed by atoms with Crippen LogP contribution in [0.5, 0.6) is 5.75 Å². The zero-order chi connectivity index (χ0) is 18.7. The van der Waals surface area contributed by atoms with Crippen molar-refractivity contribution in [1.29, 1.82) is 0 Å². The molecule has 1 aromatic heterocycles. The predicted octanol–water partition coefficient (Wildman–Crippen LogP) is 3.07. The Morgan fingerprint density at radius 2 is 1.96 bits per heavy atom. The average molecular weight is 364 g/mol. The van der Waals surface area contributed by atoms with Gasteiger partial charge in [0, 0.05) is 14.0 Å². The molecule has 25 heavy (non-hydrogen) atoms. The number of halogens is 1. The molecule has 0 fully saturated rings. The Labute approximate surface area is 152 Å². The third-order valence-corrected chi connectivity index (χ3v) is 4.33. The molecule has 0 radical (unpaired) electrons. The van der Waals surface area contributed by atoms with E-state index in [2.05, 4.69) is 5.10 Å². The van der Waals surface area contributed by atoms with E-state index in [-0.39, 0.29) is 29.8 Å². The van der Waals surface area contributed by atoms with E-state index in [1.54, 1.807) is 14.0 Å². The Bertz CT molecular complexity index is 814. The molecule has 0 aliphatic rings. The van der Waals surface area contributed by atoms with Crippen LogP contribution in [0.1, 0.15) is 34.2 Å². The molecule has 0 bridgehead atoms. The molecule has 0 unspecified atom stereocenters. The van der Waals surface area contributed by atoms with Gasteiger partial charge in [-0.05, 0) is 32.4 Å². The van der Waals surface area contributed by atoms with Crippen molar-refractivity contribution < 1.29 is 14.3 Å². The number of carbonyl (C=O) groups excluding carboxylic acids is 2. The number of amides is 2. The lowest BCUT2D eigenvalue weighted by Gasteiger charge is -2.20. The van der Waals surface area contributed by atoms with Gasteiger partial charge in [0.15, 0.2) is 0 Å². The summed E-state index contributed by atoms with van der Waals surface area (Å²) in [5.41, 5.74) is 2.89. The molecule has 7 heteroatoms. The van der Waals surface area contributed by atoms with Gasteiger partial charge in [0.05, 0.1) is 17.3 Å². The maximum absolute atomic E-state index is 12.7. The summed E-state index contributed by atoms with van der Waals surface area (Å²) in [4.78, 5) is 25.7. The number of hydrogen-bond acceptors (Lipinski definition) is 4. The molecule has 2 aromatic rings. The van der Waals surface area contributed by atoms with E-state index in [0.29, 0.717) is 5.69 Å². The van der Waals surface area contributed by atoms with Crippen LogP contribution < -0.4 is 4.74 Å². The smallest absolute Gasteiger partial charge is 0.280 e. The quantitative estimate of drug-likeness (QED) is 0.819. The van der Waals surface area contributed by atoms with Crippen LogP contribution in [0.25, 0.3) is 0 Å². The topological polar surface area (TPSA) is 64.4 Å². The Hall–Kier alpha value is -2.34. The summed E-state index contributed by atoms with van der Waals surface area (Å²) in [6.45, 7) is 7.33. The van der Waals surface area contributed by atoms with Gasteiger partial charge in [0.1, 0.15) is 18.1 Å². The van der Waals surface area contributed by atoms with Gasteiger partial charge in [-0.2, -0.15) is 5.10 Å². The third-order valence-electron chi connectivity index (χ3n) is 3.88. The normalized spacial score (nSPS) is 10.6. The van der Waals surface area contributed by atoms with Crippen molar-refractivity contribution in [2.75, 3.05) is 13.2 Å². The largest absolute Gasteiger partial charge is 0.491 e. The SMILES string of the molecule is CC(=O)N(CCOc1ccc(C)cc1C)C(=O)c1c(Cl)c(C)nn1C. The van der Waals surface area contributed by atoms with Gasteiger partial charge >= 0.3 is 0 Å². The first-order chi connectivity index (χ1) is 11.7. The minimum atomic E-state index is -0.482. The van der Waals surface area contributed by atoms with E-state index in [9.17, 15) is 9.59 Å². The number of imide groups is 1. The summed E-state index contributed by atoms with van der Waals surface area (Å²) in [5.74, 6) is -0.120. The lowest BCUT2D eigenvalue weighted by molar-refractivity contribution is -0.126. The van der Waals surface area contributed by atoms with Crippen molar-refractivity contribution in [3.8, 4) is 5.75 Å². The number of aryl methyl sites for hydroxylation is 4. The summed E-state index contributed by atoms with van der Waals surface area (Å²) in [7, 11) is 1.62. The summed E-state index contributed by atoms with van der Waals surface area (Å²) >= 11 is 6.15. The molecule has 0 spiro atoms. The predicted molar refractivity (Wildman–Crippen MR) is 96.1 cm³/mol. The Balaban J connectivity index is 2.11. The van der Waals surface area contributed by atoms with Crippen LogP contribution in [0, 0.1) is 20.8 Å². The second-order valence-electron chi connectivity index (χ2n) is 5.96. The van der Waals surface area contributed by atoms with Gasteiger partial charge in [-0.15, -0.1) is 0 Å². The number of benzene rings is 1. The summed E-state index contributed by atoms with van der Waals surface area (Å²) in [6, 6.07) is 5.85. The van der Waals surface area contributed by atoms with Gasteiger partial charge in [0.25, 0.3) is 5.91 Å². The molecule has 0 aliphatic carbocycles. The molecule has 0 N–H and O–H groups in total. The minimum absolute atomic E-state index is 0.127. The van der Waals surface area contributed by atoms with Gasteiger partial charge in [0.2, 0.25) is 5.91 Å². The highest BCUT2D eigenvalue weighted by Crippen LogP contribution is 2.22. The van der Waals surface area contributed by atoms with Crippen molar-refractivity contribution in [2.24, 2.45) is 7.05 Å². The molecule has 2 amide bonds. The van der Waals surface area contributed by atoms with Crippen molar-refractivity contribution in [3.63, 3.8) is 0 Å². The molecule has 2 rings (SSSR count). The second-order valence-corrected chi connectivity index (χ2v) is 6.34. The van der Waals surface area contributed by atoms with Crippen molar-refractivity contribution in [3.05, 3.63) is 45.7 Å². The van der Waals surface area contributed by atoms with E-state index >= 15 is 0 Å². The van der Waals surface area contributed by atoms with E-state index in [1.165, 1.54) is 11.6 Å². The molecule has 0 saturated heterocycles. The highest BCUT2D eigenvalue weighted by Gasteiger charge is 2.26. The lowest BCUT2D eigenvalue weighted by Crippen LogP contribution is -2.39. The highest BCUT2D eigenvalue weighted by atomic mass is 35.5. The molecule has 6 nitrogen and oxygen atoms in total. The Kier molecular flexibility index (Phi) is 5.85. The molecule has 0 aliphatic heterocycles. The lowest BCUT2D eigenvalue weighted by atomic mass is 10.1. The van der Waals surface area contributed by atoms with E-state index in [4.69, 9.17) is 16.3 Å². The molecule has 1 heterocycles. The van der Waals surface area contributed by atoms with Crippen molar-refractivity contribution >= 4 is 23.4 Å². The molecule has 1 aromatic carbocycles. The van der Waals surface area contributed by atoms with Crippen LogP contribution in [0.4, 0.5) is 0 Å². The molecule has 134 valence electrons. The fraction of sp³-hybridized carbons (Fsp3) is 0.389. The first-order valence-corrected chi connectivity index (χ1v) is 8.31. The molecule has 0 atom stereocenters.